The number of allylic oxidation sites excluding steroid dienone is 1. The number of amides is 3. The van der Waals surface area contributed by atoms with Crippen LogP contribution in [0.1, 0.15) is 208 Å². The molecule has 0 aromatic rings. The van der Waals surface area contributed by atoms with Crippen LogP contribution in [0.15, 0.2) is 11.6 Å². The Hall–Kier alpha value is -2.09. The molecule has 4 aliphatic rings. The Morgan fingerprint density at radius 1 is 0.780 bits per heavy atom. The van der Waals surface area contributed by atoms with E-state index in [9.17, 15) is 14.4 Å². The second-order valence-electron chi connectivity index (χ2n) is 20.8. The van der Waals surface area contributed by atoms with Gasteiger partial charge in [0.05, 0.1) is 0 Å². The van der Waals surface area contributed by atoms with Gasteiger partial charge in [-0.05, 0) is 124 Å². The zero-order valence-corrected chi connectivity index (χ0v) is 39.2. The molecule has 0 aromatic heterocycles. The van der Waals surface area contributed by atoms with Crippen LogP contribution in [0.4, 0.5) is 4.79 Å². The van der Waals surface area contributed by atoms with E-state index in [1.165, 1.54) is 115 Å². The molecule has 0 bridgehead atoms. The highest BCUT2D eigenvalue weighted by Crippen LogP contribution is 2.67. The highest BCUT2D eigenvalue weighted by Gasteiger charge is 2.59. The molecule has 0 aliphatic heterocycles. The number of nitrogens with zero attached hydrogens (tertiary/aromatic N) is 1. The van der Waals surface area contributed by atoms with E-state index in [2.05, 4.69) is 58.3 Å². The quantitative estimate of drug-likeness (QED) is 0.0537. The third-order valence-electron chi connectivity index (χ3n) is 16.0. The molecular formula is C51H92N4O4. The number of carbonyl (C=O) groups excluding carboxylic acids is 3. The minimum atomic E-state index is -0.412. The average Bonchev–Trinajstić information content (AvgIpc) is 3.57. The van der Waals surface area contributed by atoms with E-state index in [4.69, 9.17) is 10.5 Å². The summed E-state index contributed by atoms with van der Waals surface area (Å²) >= 11 is 0. The van der Waals surface area contributed by atoms with Gasteiger partial charge in [0, 0.05) is 32.5 Å². The summed E-state index contributed by atoms with van der Waals surface area (Å²) in [4.78, 5) is 40.9. The minimum absolute atomic E-state index is 0.0392. The first-order valence-electron chi connectivity index (χ1n) is 25.3. The predicted octanol–water partition coefficient (Wildman–Crippen LogP) is 11.9. The van der Waals surface area contributed by atoms with E-state index in [-0.39, 0.29) is 29.9 Å². The normalized spacial score (nSPS) is 27.9. The van der Waals surface area contributed by atoms with Crippen LogP contribution in [-0.2, 0) is 14.3 Å². The molecule has 4 aliphatic carbocycles. The van der Waals surface area contributed by atoms with Crippen LogP contribution in [-0.4, -0.2) is 61.6 Å². The maximum absolute atomic E-state index is 13.8. The minimum Gasteiger partial charge on any atom is -0.446 e. The van der Waals surface area contributed by atoms with Crippen molar-refractivity contribution in [3.05, 3.63) is 11.6 Å². The van der Waals surface area contributed by atoms with Crippen LogP contribution < -0.4 is 16.4 Å². The number of rotatable bonds is 28. The summed E-state index contributed by atoms with van der Waals surface area (Å²) in [5.41, 5.74) is 7.81. The summed E-state index contributed by atoms with van der Waals surface area (Å²) in [6.45, 7) is 16.7. The SMILES string of the molecule is CCCCCCCCCCCCCC(=O)NCCCN(CC(=O)NCCCCN)C(=O)O[C@H]1CC[C@@]2(C)C(=CC[C@H]3[C@@H]4CC[C@H]([C@H](C)CCCC(C)C)[C@@]4(C)CC[C@@H]32)C1. The topological polar surface area (TPSA) is 114 Å². The largest absolute Gasteiger partial charge is 0.446 e. The van der Waals surface area contributed by atoms with E-state index in [1.54, 1.807) is 4.90 Å². The Kier molecular flexibility index (Phi) is 21.6. The first-order chi connectivity index (χ1) is 28.4. The number of unbranched alkanes of at least 4 members (excludes halogenated alkanes) is 11. The average molecular weight is 825 g/mol. The number of carbonyl (C=O) groups is 3. The molecule has 0 heterocycles. The Bertz CT molecular complexity index is 1290. The Morgan fingerprint density at radius 2 is 1.46 bits per heavy atom. The number of fused-ring (bicyclic) bond motifs is 5. The van der Waals surface area contributed by atoms with Crippen molar-refractivity contribution < 1.29 is 19.1 Å². The fourth-order valence-corrected chi connectivity index (χ4v) is 12.5. The first-order valence-corrected chi connectivity index (χ1v) is 25.3. The molecule has 3 amide bonds. The Balaban J connectivity index is 1.24. The molecule has 0 radical (unpaired) electrons. The number of nitrogens with one attached hydrogen (secondary N) is 2. The zero-order valence-electron chi connectivity index (χ0n) is 39.2. The van der Waals surface area contributed by atoms with E-state index in [0.29, 0.717) is 44.4 Å². The van der Waals surface area contributed by atoms with Crippen molar-refractivity contribution >= 4 is 17.9 Å². The molecular weight excluding hydrogens is 733 g/mol. The predicted molar refractivity (Wildman–Crippen MR) is 245 cm³/mol. The van der Waals surface area contributed by atoms with Gasteiger partial charge in [-0.1, -0.05) is 137 Å². The Morgan fingerprint density at radius 3 is 2.15 bits per heavy atom. The van der Waals surface area contributed by atoms with Crippen LogP contribution in [0.3, 0.4) is 0 Å². The molecule has 4 rings (SSSR count). The fraction of sp³-hybridized carbons (Fsp3) is 0.902. The van der Waals surface area contributed by atoms with Gasteiger partial charge in [0.25, 0.3) is 0 Å². The van der Waals surface area contributed by atoms with Gasteiger partial charge in [-0.25, -0.2) is 4.79 Å². The van der Waals surface area contributed by atoms with Crippen molar-refractivity contribution in [1.82, 2.24) is 15.5 Å². The second kappa shape index (κ2) is 25.8. The van der Waals surface area contributed by atoms with Crippen molar-refractivity contribution in [2.75, 3.05) is 32.7 Å². The van der Waals surface area contributed by atoms with Crippen LogP contribution in [0.5, 0.6) is 0 Å². The monoisotopic (exact) mass is 825 g/mol. The van der Waals surface area contributed by atoms with Crippen LogP contribution >= 0.6 is 0 Å². The molecule has 8 atom stereocenters. The number of ether oxygens (including phenoxy) is 1. The lowest BCUT2D eigenvalue weighted by molar-refractivity contribution is -0.123. The molecule has 59 heavy (non-hydrogen) atoms. The van der Waals surface area contributed by atoms with Crippen LogP contribution in [0.25, 0.3) is 0 Å². The number of hydrogen-bond acceptors (Lipinski definition) is 5. The molecule has 0 aromatic carbocycles. The molecule has 3 fully saturated rings. The molecule has 340 valence electrons. The van der Waals surface area contributed by atoms with Crippen molar-refractivity contribution in [1.29, 1.82) is 0 Å². The van der Waals surface area contributed by atoms with E-state index in [1.807, 2.05) is 0 Å². The van der Waals surface area contributed by atoms with Gasteiger partial charge < -0.3 is 21.1 Å². The summed E-state index contributed by atoms with van der Waals surface area (Å²) in [7, 11) is 0. The Labute approximate surface area is 362 Å². The molecule has 8 nitrogen and oxygen atoms in total. The maximum Gasteiger partial charge on any atom is 0.410 e. The lowest BCUT2D eigenvalue weighted by Gasteiger charge is -2.58. The summed E-state index contributed by atoms with van der Waals surface area (Å²) in [6.07, 6.45) is 32.2. The molecule has 0 saturated heterocycles. The smallest absolute Gasteiger partial charge is 0.410 e. The summed E-state index contributed by atoms with van der Waals surface area (Å²) in [5, 5.41) is 6.01. The fourth-order valence-electron chi connectivity index (χ4n) is 12.5. The highest BCUT2D eigenvalue weighted by atomic mass is 16.6. The van der Waals surface area contributed by atoms with Gasteiger partial charge in [-0.2, -0.15) is 0 Å². The number of hydrogen-bond donors (Lipinski definition) is 3. The summed E-state index contributed by atoms with van der Waals surface area (Å²) < 4.78 is 6.26. The van der Waals surface area contributed by atoms with E-state index < -0.39 is 6.09 Å². The lowest BCUT2D eigenvalue weighted by Crippen LogP contribution is -2.51. The van der Waals surface area contributed by atoms with Gasteiger partial charge in [0.2, 0.25) is 11.8 Å². The molecule has 0 spiro atoms. The maximum atomic E-state index is 13.8. The van der Waals surface area contributed by atoms with E-state index in [0.717, 1.165) is 80.5 Å². The first kappa shape index (κ1) is 49.6. The highest BCUT2D eigenvalue weighted by molar-refractivity contribution is 5.82. The second-order valence-corrected chi connectivity index (χ2v) is 20.8. The molecule has 4 N–H and O–H groups in total. The van der Waals surface area contributed by atoms with Gasteiger partial charge in [0.15, 0.2) is 0 Å². The van der Waals surface area contributed by atoms with Crippen LogP contribution in [0.2, 0.25) is 0 Å². The van der Waals surface area contributed by atoms with Crippen LogP contribution in [0, 0.1) is 46.3 Å². The summed E-state index contributed by atoms with van der Waals surface area (Å²) in [6, 6.07) is 0. The van der Waals surface area contributed by atoms with Gasteiger partial charge in [0.1, 0.15) is 12.6 Å². The standard InChI is InChI=1S/C51H92N4O4/c1-7-8-9-10-11-12-13-14-15-16-17-24-47(56)53-35-21-36-55(38-48(57)54-34-19-18-33-52)49(58)59-42-29-31-50(5)41(37-42)25-26-43-45-28-27-44(40(4)23-20-22-39(2)3)51(45,6)32-30-46(43)50/h25,39-40,42-46H,7-24,26-38,52H2,1-6H3,(H,53,56)(H,54,57)/t40-,42+,43+,44-,45+,46+,50+,51-/m1/s1. The van der Waals surface area contributed by atoms with E-state index >= 15 is 0 Å². The lowest BCUT2D eigenvalue weighted by atomic mass is 9.47. The van der Waals surface area contributed by atoms with Gasteiger partial charge >= 0.3 is 6.09 Å². The third-order valence-corrected chi connectivity index (χ3v) is 16.0. The van der Waals surface area contributed by atoms with Crippen molar-refractivity contribution in [3.8, 4) is 0 Å². The molecule has 3 saturated carbocycles. The van der Waals surface area contributed by atoms with Crippen molar-refractivity contribution in [2.45, 2.75) is 215 Å². The third kappa shape index (κ3) is 15.0. The van der Waals surface area contributed by atoms with Crippen molar-refractivity contribution in [2.24, 2.45) is 52.1 Å². The summed E-state index contributed by atoms with van der Waals surface area (Å²) in [5.74, 6) is 4.69. The number of nitrogens with two attached hydrogens (primary N) is 1. The zero-order chi connectivity index (χ0) is 42.7. The molecule has 8 heteroatoms. The van der Waals surface area contributed by atoms with Gasteiger partial charge in [-0.3, -0.25) is 14.5 Å². The van der Waals surface area contributed by atoms with Gasteiger partial charge in [-0.15, -0.1) is 0 Å². The van der Waals surface area contributed by atoms with Crippen molar-refractivity contribution in [3.63, 3.8) is 0 Å². The molecule has 0 unspecified atom stereocenters.